The van der Waals surface area contributed by atoms with Gasteiger partial charge in [0.25, 0.3) is 0 Å². The van der Waals surface area contributed by atoms with E-state index in [4.69, 9.17) is 0 Å². The van der Waals surface area contributed by atoms with Crippen molar-refractivity contribution < 1.29 is 0 Å². The van der Waals surface area contributed by atoms with Crippen LogP contribution in [0, 0.1) is 41.5 Å². The Bertz CT molecular complexity index is 2870. The molecule has 0 aliphatic heterocycles. The van der Waals surface area contributed by atoms with Crippen LogP contribution < -0.4 is 0 Å². The third-order valence-corrected chi connectivity index (χ3v) is 12.6. The van der Waals surface area contributed by atoms with Crippen molar-refractivity contribution in [1.29, 1.82) is 0 Å². The lowest BCUT2D eigenvalue weighted by molar-refractivity contribution is 0.713. The molecule has 0 fully saturated rings. The zero-order valence-electron chi connectivity index (χ0n) is 38.6. The zero-order valence-corrected chi connectivity index (χ0v) is 39.4. The van der Waals surface area contributed by atoms with Gasteiger partial charge in [0.1, 0.15) is 0 Å². The number of hydrogen-bond acceptors (Lipinski definition) is 1. The van der Waals surface area contributed by atoms with E-state index in [1.165, 1.54) is 92.1 Å². The van der Waals surface area contributed by atoms with Crippen LogP contribution in [-0.4, -0.2) is 0 Å². The highest BCUT2D eigenvalue weighted by molar-refractivity contribution is 7.25. The lowest BCUT2D eigenvalue weighted by atomic mass is 9.73. The summed E-state index contributed by atoms with van der Waals surface area (Å²) < 4.78 is 2.77. The van der Waals surface area contributed by atoms with E-state index in [0.29, 0.717) is 0 Å². The number of aryl methyl sites for hydroxylation is 6. The Balaban J connectivity index is 0.000000149. The summed E-state index contributed by atoms with van der Waals surface area (Å²) in [7, 11) is 0. The molecule has 10 aromatic rings. The monoisotopic (exact) mass is 838 g/mol. The minimum atomic E-state index is -0.118. The number of benzene rings is 9. The summed E-state index contributed by atoms with van der Waals surface area (Å²) in [6.07, 6.45) is 0. The molecule has 0 radical (unpaired) electrons. The highest BCUT2D eigenvalue weighted by Crippen LogP contribution is 2.55. The van der Waals surface area contributed by atoms with Gasteiger partial charge in [-0.15, -0.1) is 11.3 Å². The first-order valence-corrected chi connectivity index (χ1v) is 23.1. The van der Waals surface area contributed by atoms with Gasteiger partial charge in [-0.3, -0.25) is 0 Å². The molecule has 1 aromatic heterocycles. The summed E-state index contributed by atoms with van der Waals surface area (Å²) >= 11 is 1.87. The Kier molecular flexibility index (Phi) is 16.1. The van der Waals surface area contributed by atoms with Gasteiger partial charge in [0.15, 0.2) is 0 Å². The normalized spacial score (nSPS) is 12.9. The summed E-state index contributed by atoms with van der Waals surface area (Å²) in [5, 5.41) is 5.50. The van der Waals surface area contributed by atoms with Crippen molar-refractivity contribution in [3.05, 3.63) is 262 Å². The Hall–Kier alpha value is -6.54. The molecule has 0 amide bonds. The van der Waals surface area contributed by atoms with Gasteiger partial charge < -0.3 is 0 Å². The molecule has 0 spiro atoms. The minimum Gasteiger partial charge on any atom is -0.135 e. The standard InChI is InChI=1S/C26H22.C13H10S.3C7H8.C2H6/c1-17-13-14-22-23(15-17)26(3,19-9-5-4-6-10-19)24-16-18(2)20-11-7-8-12-21(20)25(22)24;1-9-6-7-13-11(8-9)10-4-2-3-5-12(10)14-13;3*1-7-5-3-2-4-6-7;1-2/h4-16H,1-3H3;2-8H,1H3;3*2-6H,1H3;1-2H3. The van der Waals surface area contributed by atoms with Crippen molar-refractivity contribution >= 4 is 42.3 Å². The predicted molar refractivity (Wildman–Crippen MR) is 280 cm³/mol. The smallest absolute Gasteiger partial charge is 0.0435 e. The highest BCUT2D eigenvalue weighted by Gasteiger charge is 2.41. The fourth-order valence-corrected chi connectivity index (χ4v) is 9.29. The molecule has 0 saturated carbocycles. The van der Waals surface area contributed by atoms with Crippen LogP contribution in [0.25, 0.3) is 42.1 Å². The average Bonchev–Trinajstić information content (AvgIpc) is 3.81. The Morgan fingerprint density at radius 1 is 0.333 bits per heavy atom. The van der Waals surface area contributed by atoms with Crippen LogP contribution >= 0.6 is 11.3 Å². The summed E-state index contributed by atoms with van der Waals surface area (Å²) in [5.74, 6) is 0. The van der Waals surface area contributed by atoms with Crippen molar-refractivity contribution in [2.45, 2.75) is 67.7 Å². The Morgan fingerprint density at radius 2 is 0.762 bits per heavy atom. The van der Waals surface area contributed by atoms with Crippen molar-refractivity contribution in [2.24, 2.45) is 0 Å². The van der Waals surface area contributed by atoms with Gasteiger partial charge in [-0.05, 0) is 111 Å². The number of rotatable bonds is 1. The molecule has 9 aromatic carbocycles. The average molecular weight is 839 g/mol. The van der Waals surface area contributed by atoms with Gasteiger partial charge in [0.05, 0.1) is 0 Å². The Morgan fingerprint density at radius 3 is 1.29 bits per heavy atom. The van der Waals surface area contributed by atoms with Gasteiger partial charge in [0, 0.05) is 25.6 Å². The molecule has 1 unspecified atom stereocenters. The molecule has 0 saturated heterocycles. The summed E-state index contributed by atoms with van der Waals surface area (Å²) in [6, 6.07) is 75.2. The quantitative estimate of drug-likeness (QED) is 0.154. The van der Waals surface area contributed by atoms with Gasteiger partial charge in [-0.25, -0.2) is 0 Å². The first kappa shape index (κ1) is 46.0. The van der Waals surface area contributed by atoms with Gasteiger partial charge in [-0.1, -0.05) is 236 Å². The fraction of sp³-hybridized carbons (Fsp3) is 0.161. The maximum absolute atomic E-state index is 2.42. The van der Waals surface area contributed by atoms with Crippen LogP contribution in [0.2, 0.25) is 0 Å². The number of thiophene rings is 1. The molecule has 0 nitrogen and oxygen atoms in total. The molecule has 11 rings (SSSR count). The molecule has 1 heterocycles. The lowest BCUT2D eigenvalue weighted by Gasteiger charge is -2.29. The third kappa shape index (κ3) is 11.1. The van der Waals surface area contributed by atoms with Gasteiger partial charge in [-0.2, -0.15) is 0 Å². The van der Waals surface area contributed by atoms with Crippen LogP contribution in [0.1, 0.15) is 70.8 Å². The van der Waals surface area contributed by atoms with Gasteiger partial charge >= 0.3 is 0 Å². The second-order valence-electron chi connectivity index (χ2n) is 16.3. The number of hydrogen-bond donors (Lipinski definition) is 0. The van der Waals surface area contributed by atoms with Crippen LogP contribution in [0.5, 0.6) is 0 Å². The SMILES string of the molecule is CC.Cc1ccc2c(c1)C(C)(c1ccccc1)c1cc(C)c3ccccc3c1-2.Cc1ccc2sc3ccccc3c2c1.Cc1ccccc1.Cc1ccccc1.Cc1ccccc1. The molecule has 0 N–H and O–H groups in total. The maximum atomic E-state index is 2.42. The molecule has 63 heavy (non-hydrogen) atoms. The highest BCUT2D eigenvalue weighted by atomic mass is 32.1. The molecule has 1 aliphatic rings. The van der Waals surface area contributed by atoms with Crippen molar-refractivity contribution in [3.8, 4) is 11.1 Å². The van der Waals surface area contributed by atoms with E-state index in [-0.39, 0.29) is 5.41 Å². The van der Waals surface area contributed by atoms with Crippen LogP contribution in [-0.2, 0) is 5.41 Å². The Labute approximate surface area is 381 Å². The molecule has 1 aliphatic carbocycles. The number of fused-ring (bicyclic) bond motifs is 8. The fourth-order valence-electron chi connectivity index (χ4n) is 8.20. The molecule has 0 bridgehead atoms. The topological polar surface area (TPSA) is 0 Å². The first-order valence-electron chi connectivity index (χ1n) is 22.3. The maximum Gasteiger partial charge on any atom is 0.0435 e. The predicted octanol–water partition coefficient (Wildman–Crippen LogP) is 18.2. The van der Waals surface area contributed by atoms with E-state index in [1.54, 1.807) is 0 Å². The van der Waals surface area contributed by atoms with E-state index in [0.717, 1.165) is 0 Å². The van der Waals surface area contributed by atoms with Crippen LogP contribution in [0.3, 0.4) is 0 Å². The molecule has 1 atom stereocenters. The second-order valence-corrected chi connectivity index (χ2v) is 17.3. The summed E-state index contributed by atoms with van der Waals surface area (Å²) in [5.41, 5.74) is 14.9. The largest absolute Gasteiger partial charge is 0.135 e. The molecular formula is C62H62S. The zero-order chi connectivity index (χ0) is 44.8. The van der Waals surface area contributed by atoms with E-state index in [2.05, 4.69) is 206 Å². The first-order chi connectivity index (χ1) is 30.6. The van der Waals surface area contributed by atoms with E-state index < -0.39 is 0 Å². The summed E-state index contributed by atoms with van der Waals surface area (Å²) in [4.78, 5) is 0. The van der Waals surface area contributed by atoms with Crippen LogP contribution in [0.4, 0.5) is 0 Å². The lowest BCUT2D eigenvalue weighted by Crippen LogP contribution is -2.22. The van der Waals surface area contributed by atoms with E-state index >= 15 is 0 Å². The third-order valence-electron chi connectivity index (χ3n) is 11.5. The van der Waals surface area contributed by atoms with Crippen LogP contribution in [0.15, 0.2) is 212 Å². The molecule has 316 valence electrons. The molecular weight excluding hydrogens is 777 g/mol. The minimum absolute atomic E-state index is 0.118. The van der Waals surface area contributed by atoms with Crippen molar-refractivity contribution in [3.63, 3.8) is 0 Å². The van der Waals surface area contributed by atoms with Crippen molar-refractivity contribution in [1.82, 2.24) is 0 Å². The van der Waals surface area contributed by atoms with Crippen molar-refractivity contribution in [2.75, 3.05) is 0 Å². The van der Waals surface area contributed by atoms with E-state index in [1.807, 2.05) is 79.8 Å². The molecule has 1 heteroatoms. The van der Waals surface area contributed by atoms with E-state index in [9.17, 15) is 0 Å². The summed E-state index contributed by atoms with van der Waals surface area (Å²) in [6.45, 7) is 19.2. The van der Waals surface area contributed by atoms with Gasteiger partial charge in [0.2, 0.25) is 0 Å². The second kappa shape index (κ2) is 22.0.